The summed E-state index contributed by atoms with van der Waals surface area (Å²) in [5, 5.41) is 2.73. The molecule has 1 fully saturated rings. The number of piperidine rings is 1. The molecule has 1 aliphatic rings. The fraction of sp³-hybridized carbons (Fsp3) is 0.571. The zero-order chi connectivity index (χ0) is 20.5. The lowest BCUT2D eigenvalue weighted by atomic mass is 9.98. The summed E-state index contributed by atoms with van der Waals surface area (Å²) in [4.78, 5) is -0.572. The first-order valence-corrected chi connectivity index (χ1v) is 10.8. The van der Waals surface area contributed by atoms with E-state index in [1.165, 1.54) is 18.2 Å². The molecule has 1 aliphatic heterocycles. The van der Waals surface area contributed by atoms with Crippen molar-refractivity contribution in [3.05, 3.63) is 24.3 Å². The lowest BCUT2D eigenvalue weighted by Gasteiger charge is -2.31. The molecule has 0 saturated carbocycles. The molecular weight excluding hydrogens is 419 g/mol. The van der Waals surface area contributed by atoms with Gasteiger partial charge in [0.25, 0.3) is 0 Å². The summed E-state index contributed by atoms with van der Waals surface area (Å²) >= 11 is 0. The van der Waals surface area contributed by atoms with Crippen LogP contribution in [0, 0.1) is 5.92 Å². The number of sulfonamides is 1. The molecule has 1 N–H and O–H groups in total. The van der Waals surface area contributed by atoms with E-state index in [4.69, 9.17) is 0 Å². The Bertz CT molecular complexity index is 864. The number of alkyl halides is 5. The minimum absolute atomic E-state index is 0.0388. The zero-order valence-corrected chi connectivity index (χ0v) is 15.4. The normalized spacial score (nSPS) is 18.0. The van der Waals surface area contributed by atoms with Crippen LogP contribution in [0.15, 0.2) is 29.2 Å². The van der Waals surface area contributed by atoms with E-state index in [1.54, 1.807) is 0 Å². The van der Waals surface area contributed by atoms with E-state index >= 15 is 0 Å². The van der Waals surface area contributed by atoms with Gasteiger partial charge in [0.05, 0.1) is 10.6 Å². The first-order valence-electron chi connectivity index (χ1n) is 7.78. The van der Waals surface area contributed by atoms with Gasteiger partial charge in [0.1, 0.15) is 0 Å². The number of para-hydroxylation sites is 1. The van der Waals surface area contributed by atoms with Gasteiger partial charge in [-0.3, -0.25) is 0 Å². The third-order valence-electron chi connectivity index (χ3n) is 4.22. The smallest absolute Gasteiger partial charge is 0.384 e. The van der Waals surface area contributed by atoms with E-state index in [0.717, 1.165) is 6.07 Å². The first kappa shape index (κ1) is 21.8. The molecule has 0 bridgehead atoms. The van der Waals surface area contributed by atoms with Gasteiger partial charge in [-0.05, 0) is 30.9 Å². The Morgan fingerprint density at radius 2 is 1.63 bits per heavy atom. The van der Waals surface area contributed by atoms with Crippen LogP contribution in [0.25, 0.3) is 0 Å². The third kappa shape index (κ3) is 4.69. The first-order chi connectivity index (χ1) is 12.4. The summed E-state index contributed by atoms with van der Waals surface area (Å²) in [6, 6.07) is 5.08. The molecule has 0 aromatic heterocycles. The van der Waals surface area contributed by atoms with Crippen molar-refractivity contribution in [2.75, 3.05) is 25.0 Å². The number of benzene rings is 1. The van der Waals surface area contributed by atoms with Gasteiger partial charge in [0.15, 0.2) is 0 Å². The van der Waals surface area contributed by atoms with Crippen molar-refractivity contribution in [1.82, 2.24) is 4.31 Å². The number of nitrogens with zero attached hydrogens (tertiary/aromatic N) is 1. The fourth-order valence-corrected chi connectivity index (χ4v) is 4.60. The highest BCUT2D eigenvalue weighted by Crippen LogP contribution is 2.31. The molecule has 0 amide bonds. The second-order valence-corrected chi connectivity index (χ2v) is 9.79. The molecule has 0 radical (unpaired) electrons. The topological polar surface area (TPSA) is 83.6 Å². The molecule has 0 aliphatic carbocycles. The highest BCUT2D eigenvalue weighted by atomic mass is 32.2. The average Bonchev–Trinajstić information content (AvgIpc) is 2.59. The van der Waals surface area contributed by atoms with Crippen molar-refractivity contribution in [2.24, 2.45) is 5.92 Å². The van der Waals surface area contributed by atoms with E-state index in [1.807, 2.05) is 0 Å². The van der Waals surface area contributed by atoms with Crippen LogP contribution in [0.4, 0.5) is 27.6 Å². The number of hydrogen-bond donors (Lipinski definition) is 1. The van der Waals surface area contributed by atoms with Crippen LogP contribution in [0.1, 0.15) is 12.8 Å². The summed E-state index contributed by atoms with van der Waals surface area (Å²) in [5.74, 6) is -3.83. The Morgan fingerprint density at radius 1 is 1.07 bits per heavy atom. The van der Waals surface area contributed by atoms with Gasteiger partial charge in [-0.1, -0.05) is 12.1 Å². The van der Waals surface area contributed by atoms with Crippen LogP contribution < -0.4 is 5.32 Å². The predicted octanol–water partition coefficient (Wildman–Crippen LogP) is 2.66. The lowest BCUT2D eigenvalue weighted by molar-refractivity contribution is -0.0496. The van der Waals surface area contributed by atoms with E-state index in [0.29, 0.717) is 4.31 Å². The van der Waals surface area contributed by atoms with Crippen molar-refractivity contribution >= 4 is 25.5 Å². The molecule has 6 nitrogen and oxygen atoms in total. The lowest BCUT2D eigenvalue weighted by Crippen LogP contribution is -2.45. The zero-order valence-electron chi connectivity index (χ0n) is 13.8. The molecule has 1 saturated heterocycles. The molecular formula is C14H17F5N2O4S2. The Hall–Kier alpha value is -1.47. The van der Waals surface area contributed by atoms with Crippen LogP contribution in [-0.2, 0) is 19.9 Å². The summed E-state index contributed by atoms with van der Waals surface area (Å²) in [5.41, 5.74) is -5.40. The van der Waals surface area contributed by atoms with Gasteiger partial charge >= 0.3 is 21.3 Å². The minimum Gasteiger partial charge on any atom is -0.384 e. The molecule has 27 heavy (non-hydrogen) atoms. The van der Waals surface area contributed by atoms with Gasteiger partial charge in [-0.15, -0.1) is 0 Å². The summed E-state index contributed by atoms with van der Waals surface area (Å²) in [6.07, 6.45) is 0.234. The van der Waals surface area contributed by atoms with Crippen LogP contribution in [0.3, 0.4) is 0 Å². The van der Waals surface area contributed by atoms with Crippen molar-refractivity contribution in [3.63, 3.8) is 0 Å². The highest BCUT2D eigenvalue weighted by molar-refractivity contribution is 7.91. The molecule has 1 aromatic rings. The SMILES string of the molecule is O=S(=O)(c1ccccc1NCC1CCN(S(=O)(=O)C(F)(F)F)CC1)C(F)F. The molecule has 13 heteroatoms. The predicted molar refractivity (Wildman–Crippen MR) is 87.4 cm³/mol. The van der Waals surface area contributed by atoms with Crippen molar-refractivity contribution in [1.29, 1.82) is 0 Å². The molecule has 2 rings (SSSR count). The molecule has 0 unspecified atom stereocenters. The van der Waals surface area contributed by atoms with Gasteiger partial charge in [-0.2, -0.15) is 26.3 Å². The standard InChI is InChI=1S/C14H17F5N2O4S2/c15-13(16)26(22,23)12-4-2-1-3-11(12)20-9-10-5-7-21(8-6-10)27(24,25)14(17,18)19/h1-4,10,13,20H,5-9H2. The Balaban J connectivity index is 2.01. The quantitative estimate of drug-likeness (QED) is 0.694. The second-order valence-electron chi connectivity index (χ2n) is 5.98. The van der Waals surface area contributed by atoms with E-state index < -0.39 is 36.0 Å². The summed E-state index contributed by atoms with van der Waals surface area (Å²) < 4.78 is 110. The van der Waals surface area contributed by atoms with Gasteiger partial charge < -0.3 is 5.32 Å². The molecule has 0 spiro atoms. The number of anilines is 1. The number of halogens is 5. The number of rotatable bonds is 6. The van der Waals surface area contributed by atoms with Crippen LogP contribution >= 0.6 is 0 Å². The minimum atomic E-state index is -5.38. The highest BCUT2D eigenvalue weighted by Gasteiger charge is 2.50. The maximum Gasteiger partial charge on any atom is 0.511 e. The molecule has 1 heterocycles. The van der Waals surface area contributed by atoms with Crippen molar-refractivity contribution in [3.8, 4) is 0 Å². The summed E-state index contributed by atoms with van der Waals surface area (Å²) in [6.45, 7) is -0.550. The molecule has 1 aromatic carbocycles. The largest absolute Gasteiger partial charge is 0.511 e. The fourth-order valence-electron chi connectivity index (χ4n) is 2.71. The monoisotopic (exact) mass is 436 g/mol. The van der Waals surface area contributed by atoms with Gasteiger partial charge in [0.2, 0.25) is 9.84 Å². The summed E-state index contributed by atoms with van der Waals surface area (Å²) in [7, 11) is -10.2. The van der Waals surface area contributed by atoms with E-state index in [2.05, 4.69) is 5.32 Å². The Kier molecular flexibility index (Phi) is 6.37. The number of nitrogens with one attached hydrogen (secondary N) is 1. The maximum atomic E-state index is 12.8. The Morgan fingerprint density at radius 3 is 2.15 bits per heavy atom. The van der Waals surface area contributed by atoms with Gasteiger partial charge in [0, 0.05) is 19.6 Å². The number of hydrogen-bond acceptors (Lipinski definition) is 5. The second kappa shape index (κ2) is 7.87. The van der Waals surface area contributed by atoms with E-state index in [9.17, 15) is 38.8 Å². The van der Waals surface area contributed by atoms with Crippen LogP contribution in [0.2, 0.25) is 0 Å². The van der Waals surface area contributed by atoms with Crippen molar-refractivity contribution in [2.45, 2.75) is 29.0 Å². The third-order valence-corrected chi connectivity index (χ3v) is 7.28. The van der Waals surface area contributed by atoms with Crippen LogP contribution in [0.5, 0.6) is 0 Å². The maximum absolute atomic E-state index is 12.8. The van der Waals surface area contributed by atoms with Crippen LogP contribution in [-0.4, -0.2) is 52.0 Å². The molecule has 0 atom stereocenters. The average molecular weight is 436 g/mol. The van der Waals surface area contributed by atoms with Crippen molar-refractivity contribution < 1.29 is 38.8 Å². The Labute approximate surface area is 153 Å². The van der Waals surface area contributed by atoms with Gasteiger partial charge in [-0.25, -0.2) is 16.8 Å². The van der Waals surface area contributed by atoms with E-state index in [-0.39, 0.29) is 44.1 Å². The molecule has 154 valence electrons. The number of sulfone groups is 1.